The summed E-state index contributed by atoms with van der Waals surface area (Å²) in [5.41, 5.74) is 1.08. The lowest BCUT2D eigenvalue weighted by Crippen LogP contribution is -2.41. The molecule has 1 aliphatic rings. The quantitative estimate of drug-likeness (QED) is 0.387. The first kappa shape index (κ1) is 24.2. The van der Waals surface area contributed by atoms with Crippen molar-refractivity contribution in [3.05, 3.63) is 92.5 Å². The maximum atomic E-state index is 13.7. The Morgan fingerprint density at radius 3 is 2.21 bits per heavy atom. The summed E-state index contributed by atoms with van der Waals surface area (Å²) >= 11 is 12.6. The Bertz CT molecular complexity index is 1230. The summed E-state index contributed by atoms with van der Waals surface area (Å²) in [6, 6.07) is 12.3. The molecule has 9 heteroatoms. The summed E-state index contributed by atoms with van der Waals surface area (Å²) in [4.78, 5) is 15.2. The predicted octanol–water partition coefficient (Wildman–Crippen LogP) is 6.82. The Hall–Kier alpha value is -2.90. The smallest absolute Gasteiger partial charge is 0.416 e. The molecule has 0 spiro atoms. The molecule has 0 radical (unpaired) electrons. The first-order chi connectivity index (χ1) is 16.2. The molecule has 178 valence electrons. The summed E-state index contributed by atoms with van der Waals surface area (Å²) in [7, 11) is 2.98. The predicted molar refractivity (Wildman–Crippen MR) is 124 cm³/mol. The lowest BCUT2D eigenvalue weighted by Gasteiger charge is -2.38. The number of ether oxygens (including phenoxy) is 2. The van der Waals surface area contributed by atoms with Gasteiger partial charge in [0.1, 0.15) is 0 Å². The molecule has 1 atom stereocenters. The van der Waals surface area contributed by atoms with Crippen molar-refractivity contribution in [2.75, 3.05) is 20.8 Å². The fourth-order valence-electron chi connectivity index (χ4n) is 4.25. The monoisotopic (exact) mass is 509 g/mol. The molecule has 3 aromatic rings. The van der Waals surface area contributed by atoms with Crippen LogP contribution in [0.25, 0.3) is 0 Å². The summed E-state index contributed by atoms with van der Waals surface area (Å²) < 4.78 is 51.4. The summed E-state index contributed by atoms with van der Waals surface area (Å²) in [6.07, 6.45) is -4.08. The molecule has 4 rings (SSSR count). The first-order valence-electron chi connectivity index (χ1n) is 10.3. The van der Waals surface area contributed by atoms with Crippen LogP contribution in [0.5, 0.6) is 11.5 Å². The molecule has 34 heavy (non-hydrogen) atoms. The molecule has 0 unspecified atom stereocenters. The van der Waals surface area contributed by atoms with E-state index in [4.69, 9.17) is 32.7 Å². The minimum absolute atomic E-state index is 0.103. The lowest BCUT2D eigenvalue weighted by molar-refractivity contribution is -0.137. The van der Waals surface area contributed by atoms with Gasteiger partial charge >= 0.3 is 6.18 Å². The zero-order valence-corrected chi connectivity index (χ0v) is 19.8. The summed E-state index contributed by atoms with van der Waals surface area (Å²) in [5, 5.41) is 0.330. The Labute approximate surface area is 204 Å². The first-order valence-corrected chi connectivity index (χ1v) is 11.1. The number of nitrogens with zero attached hydrogens (tertiary/aromatic N) is 1. The van der Waals surface area contributed by atoms with Gasteiger partial charge in [0, 0.05) is 6.54 Å². The van der Waals surface area contributed by atoms with Crippen LogP contribution >= 0.6 is 23.2 Å². The van der Waals surface area contributed by atoms with Gasteiger partial charge in [-0.25, -0.2) is 0 Å². The number of carbonyl (C=O) groups excluding carboxylic acids is 1. The third-order valence-corrected chi connectivity index (χ3v) is 6.47. The van der Waals surface area contributed by atoms with Gasteiger partial charge < -0.3 is 14.4 Å². The van der Waals surface area contributed by atoms with Gasteiger partial charge in [-0.1, -0.05) is 41.4 Å². The van der Waals surface area contributed by atoms with Crippen LogP contribution in [-0.4, -0.2) is 31.6 Å². The number of rotatable bonds is 4. The van der Waals surface area contributed by atoms with E-state index in [2.05, 4.69) is 0 Å². The average molecular weight is 510 g/mol. The molecule has 0 bridgehead atoms. The van der Waals surface area contributed by atoms with E-state index in [0.29, 0.717) is 29.0 Å². The highest BCUT2D eigenvalue weighted by Gasteiger charge is 2.37. The van der Waals surface area contributed by atoms with Crippen LogP contribution in [-0.2, 0) is 12.6 Å². The number of amides is 1. The number of benzene rings is 3. The highest BCUT2D eigenvalue weighted by atomic mass is 35.5. The van der Waals surface area contributed by atoms with Gasteiger partial charge in [-0.3, -0.25) is 4.79 Å². The molecule has 0 aliphatic carbocycles. The molecule has 1 aliphatic heterocycles. The number of fused-ring (bicyclic) bond motifs is 1. The van der Waals surface area contributed by atoms with Crippen LogP contribution in [0.1, 0.15) is 38.7 Å². The molecular formula is C25H20Cl2F3NO3. The molecule has 0 saturated carbocycles. The second kappa shape index (κ2) is 9.39. The third kappa shape index (κ3) is 4.42. The van der Waals surface area contributed by atoms with Crippen LogP contribution in [0.3, 0.4) is 0 Å². The van der Waals surface area contributed by atoms with Crippen LogP contribution in [0.15, 0.2) is 54.6 Å². The fraction of sp³-hybridized carbons (Fsp3) is 0.240. The molecule has 3 aromatic carbocycles. The Balaban J connectivity index is 1.92. The molecule has 0 fully saturated rings. The zero-order valence-electron chi connectivity index (χ0n) is 18.2. The van der Waals surface area contributed by atoms with Crippen LogP contribution in [0, 0.1) is 0 Å². The average Bonchev–Trinajstić information content (AvgIpc) is 2.81. The molecule has 1 heterocycles. The van der Waals surface area contributed by atoms with Gasteiger partial charge in [0.15, 0.2) is 11.5 Å². The Morgan fingerprint density at radius 2 is 1.59 bits per heavy atom. The van der Waals surface area contributed by atoms with E-state index in [0.717, 1.165) is 17.7 Å². The highest BCUT2D eigenvalue weighted by Crippen LogP contribution is 2.43. The van der Waals surface area contributed by atoms with Gasteiger partial charge in [0.05, 0.1) is 41.4 Å². The van der Waals surface area contributed by atoms with E-state index < -0.39 is 23.7 Å². The van der Waals surface area contributed by atoms with Crippen LogP contribution in [0.2, 0.25) is 10.0 Å². The number of carbonyl (C=O) groups is 1. The molecule has 4 nitrogen and oxygen atoms in total. The molecule has 0 saturated heterocycles. The van der Waals surface area contributed by atoms with Crippen molar-refractivity contribution in [1.29, 1.82) is 0 Å². The van der Waals surface area contributed by atoms with Gasteiger partial charge in [-0.05, 0) is 59.5 Å². The van der Waals surface area contributed by atoms with Crippen molar-refractivity contribution in [2.45, 2.75) is 18.6 Å². The topological polar surface area (TPSA) is 38.8 Å². The minimum Gasteiger partial charge on any atom is -0.493 e. The number of hydrogen-bond donors (Lipinski definition) is 0. The highest BCUT2D eigenvalue weighted by molar-refractivity contribution is 6.39. The maximum absolute atomic E-state index is 13.7. The van der Waals surface area contributed by atoms with E-state index in [-0.39, 0.29) is 22.2 Å². The van der Waals surface area contributed by atoms with E-state index >= 15 is 0 Å². The van der Waals surface area contributed by atoms with E-state index in [1.54, 1.807) is 36.4 Å². The minimum atomic E-state index is -4.54. The lowest BCUT2D eigenvalue weighted by atomic mass is 9.86. The van der Waals surface area contributed by atoms with Crippen LogP contribution in [0.4, 0.5) is 13.2 Å². The van der Waals surface area contributed by atoms with Crippen molar-refractivity contribution in [2.24, 2.45) is 0 Å². The molecule has 0 N–H and O–H groups in total. The molecule has 1 amide bonds. The van der Waals surface area contributed by atoms with Crippen molar-refractivity contribution < 1.29 is 27.4 Å². The van der Waals surface area contributed by atoms with Gasteiger partial charge in [0.2, 0.25) is 0 Å². The number of halogens is 5. The van der Waals surface area contributed by atoms with E-state index in [9.17, 15) is 18.0 Å². The Morgan fingerprint density at radius 1 is 0.971 bits per heavy atom. The second-order valence-electron chi connectivity index (χ2n) is 7.78. The third-order valence-electron chi connectivity index (χ3n) is 5.84. The SMILES string of the molecule is COc1cc2c(cc1OC)[C@H](c1cccc(C(F)(F)F)c1)N(C(=O)c1c(Cl)cccc1Cl)CC2. The zero-order chi connectivity index (χ0) is 24.6. The number of alkyl halides is 3. The largest absolute Gasteiger partial charge is 0.493 e. The standard InChI is InChI=1S/C25H20Cl2F3NO3/c1-33-20-12-14-9-10-31(24(32)22-18(26)7-4-8-19(22)27)23(17(14)13-21(20)34-2)15-5-3-6-16(11-15)25(28,29)30/h3-8,11-13,23H,9-10H2,1-2H3/t23-/m0/s1. The second-order valence-corrected chi connectivity index (χ2v) is 8.59. The maximum Gasteiger partial charge on any atom is 0.416 e. The number of hydrogen-bond acceptors (Lipinski definition) is 3. The van der Waals surface area contributed by atoms with Crippen molar-refractivity contribution in [1.82, 2.24) is 4.90 Å². The summed E-state index contributed by atoms with van der Waals surface area (Å²) in [6.45, 7) is 0.240. The Kier molecular flexibility index (Phi) is 6.69. The molecule has 0 aromatic heterocycles. The van der Waals surface area contributed by atoms with Crippen molar-refractivity contribution in [3.63, 3.8) is 0 Å². The number of methoxy groups -OCH3 is 2. The van der Waals surface area contributed by atoms with E-state index in [1.165, 1.54) is 25.2 Å². The van der Waals surface area contributed by atoms with Gasteiger partial charge in [-0.2, -0.15) is 13.2 Å². The fourth-order valence-corrected chi connectivity index (χ4v) is 4.81. The van der Waals surface area contributed by atoms with E-state index in [1.807, 2.05) is 0 Å². The van der Waals surface area contributed by atoms with Gasteiger partial charge in [-0.15, -0.1) is 0 Å². The van der Waals surface area contributed by atoms with Crippen molar-refractivity contribution >= 4 is 29.1 Å². The molecular weight excluding hydrogens is 490 g/mol. The normalized spacial score (nSPS) is 15.6. The van der Waals surface area contributed by atoms with Crippen LogP contribution < -0.4 is 9.47 Å². The van der Waals surface area contributed by atoms with Gasteiger partial charge in [0.25, 0.3) is 5.91 Å². The summed E-state index contributed by atoms with van der Waals surface area (Å²) in [5.74, 6) is 0.430. The van der Waals surface area contributed by atoms with Crippen molar-refractivity contribution in [3.8, 4) is 11.5 Å².